The zero-order chi connectivity index (χ0) is 19.7. The highest BCUT2D eigenvalue weighted by Gasteiger charge is 2.36. The number of H-pyrrole nitrogens is 1. The first-order chi connectivity index (χ1) is 13.5. The molecule has 2 N–H and O–H groups in total. The first kappa shape index (κ1) is 18.5. The lowest BCUT2D eigenvalue weighted by atomic mass is 9.79. The van der Waals surface area contributed by atoms with Crippen LogP contribution in [0, 0.1) is 13.8 Å². The Hall–Kier alpha value is -2.89. The maximum Gasteiger partial charge on any atom is 0.269 e. The first-order valence-corrected chi connectivity index (χ1v) is 9.90. The molecule has 1 fully saturated rings. The quantitative estimate of drug-likeness (QED) is 0.712. The monoisotopic (exact) mass is 377 g/mol. The fraction of sp³-hybridized carbons (Fsp3) is 0.409. The van der Waals surface area contributed by atoms with Crippen LogP contribution in [-0.2, 0) is 12.5 Å². The summed E-state index contributed by atoms with van der Waals surface area (Å²) in [6.45, 7) is 4.61. The zero-order valence-corrected chi connectivity index (χ0v) is 16.7. The van der Waals surface area contributed by atoms with Crippen LogP contribution in [-0.4, -0.2) is 32.4 Å². The fourth-order valence-corrected chi connectivity index (χ4v) is 4.47. The molecule has 1 amide bonds. The van der Waals surface area contributed by atoms with Gasteiger partial charge in [0.15, 0.2) is 0 Å². The summed E-state index contributed by atoms with van der Waals surface area (Å²) in [5, 5.41) is 14.8. The number of amides is 1. The summed E-state index contributed by atoms with van der Waals surface area (Å²) in [5.74, 6) is -0.111. The van der Waals surface area contributed by atoms with Gasteiger partial charge in [-0.3, -0.25) is 14.6 Å². The van der Waals surface area contributed by atoms with E-state index in [-0.39, 0.29) is 11.3 Å². The van der Waals surface area contributed by atoms with Gasteiger partial charge in [-0.05, 0) is 38.3 Å². The van der Waals surface area contributed by atoms with Gasteiger partial charge in [0.1, 0.15) is 5.69 Å². The Bertz CT molecular complexity index is 980. The zero-order valence-electron chi connectivity index (χ0n) is 16.7. The number of carbonyl (C=O) groups is 1. The molecule has 0 saturated heterocycles. The number of rotatable bonds is 5. The number of benzene rings is 1. The smallest absolute Gasteiger partial charge is 0.269 e. The molecule has 146 valence electrons. The van der Waals surface area contributed by atoms with E-state index in [4.69, 9.17) is 0 Å². The molecule has 2 aromatic heterocycles. The van der Waals surface area contributed by atoms with Crippen molar-refractivity contribution in [1.82, 2.24) is 25.3 Å². The average Bonchev–Trinajstić information content (AvgIpc) is 3.42. The Kier molecular flexibility index (Phi) is 4.79. The maximum atomic E-state index is 12.8. The minimum atomic E-state index is -0.111. The highest BCUT2D eigenvalue weighted by molar-refractivity contribution is 5.93. The molecule has 1 aromatic carbocycles. The van der Waals surface area contributed by atoms with Crippen molar-refractivity contribution in [3.05, 3.63) is 59.0 Å². The Labute approximate surface area is 165 Å². The summed E-state index contributed by atoms with van der Waals surface area (Å²) in [6, 6.07) is 12.4. The van der Waals surface area contributed by atoms with Gasteiger partial charge in [0.25, 0.3) is 5.91 Å². The second kappa shape index (κ2) is 7.26. The molecule has 0 radical (unpaired) electrons. The van der Waals surface area contributed by atoms with Crippen LogP contribution < -0.4 is 5.32 Å². The minimum Gasteiger partial charge on any atom is -0.350 e. The molecule has 1 saturated carbocycles. The molecular formula is C22H27N5O. The Morgan fingerprint density at radius 2 is 1.93 bits per heavy atom. The molecule has 0 bridgehead atoms. The van der Waals surface area contributed by atoms with Gasteiger partial charge in [0, 0.05) is 30.3 Å². The van der Waals surface area contributed by atoms with Crippen LogP contribution in [0.4, 0.5) is 0 Å². The molecule has 0 spiro atoms. The number of aromatic nitrogens is 4. The highest BCUT2D eigenvalue weighted by atomic mass is 16.1. The topological polar surface area (TPSA) is 75.6 Å². The average molecular weight is 377 g/mol. The van der Waals surface area contributed by atoms with E-state index >= 15 is 0 Å². The first-order valence-electron chi connectivity index (χ1n) is 9.90. The van der Waals surface area contributed by atoms with Crippen LogP contribution in [0.5, 0.6) is 0 Å². The summed E-state index contributed by atoms with van der Waals surface area (Å²) in [4.78, 5) is 12.8. The summed E-state index contributed by atoms with van der Waals surface area (Å²) < 4.78 is 1.84. The van der Waals surface area contributed by atoms with E-state index in [1.807, 2.05) is 37.7 Å². The number of carbonyl (C=O) groups excluding carboxylic acids is 1. The molecule has 4 rings (SSSR count). The number of aromatic amines is 1. The fourth-order valence-electron chi connectivity index (χ4n) is 4.47. The third kappa shape index (κ3) is 3.23. The number of hydrogen-bond donors (Lipinski definition) is 2. The highest BCUT2D eigenvalue weighted by Crippen LogP contribution is 2.40. The van der Waals surface area contributed by atoms with Gasteiger partial charge in [0.05, 0.1) is 11.4 Å². The van der Waals surface area contributed by atoms with Crippen molar-refractivity contribution in [2.45, 2.75) is 44.9 Å². The van der Waals surface area contributed by atoms with E-state index in [1.165, 1.54) is 18.4 Å². The molecule has 0 unspecified atom stereocenters. The summed E-state index contributed by atoms with van der Waals surface area (Å²) in [6.07, 6.45) is 4.64. The van der Waals surface area contributed by atoms with Crippen LogP contribution in [0.15, 0.2) is 36.4 Å². The lowest BCUT2D eigenvalue weighted by Crippen LogP contribution is -2.39. The van der Waals surface area contributed by atoms with E-state index in [9.17, 15) is 4.79 Å². The third-order valence-corrected chi connectivity index (χ3v) is 6.12. The van der Waals surface area contributed by atoms with Crippen molar-refractivity contribution in [3.8, 4) is 11.3 Å². The van der Waals surface area contributed by atoms with E-state index in [1.54, 1.807) is 0 Å². The third-order valence-electron chi connectivity index (χ3n) is 6.12. The minimum absolute atomic E-state index is 0.0380. The second-order valence-electron chi connectivity index (χ2n) is 7.87. The Morgan fingerprint density at radius 1 is 1.21 bits per heavy atom. The summed E-state index contributed by atoms with van der Waals surface area (Å²) in [7, 11) is 1.91. The molecule has 6 nitrogen and oxygen atoms in total. The number of aryl methyl sites for hydroxylation is 2. The molecule has 1 aliphatic carbocycles. The van der Waals surface area contributed by atoms with Crippen LogP contribution in [0.25, 0.3) is 11.3 Å². The van der Waals surface area contributed by atoms with E-state index < -0.39 is 0 Å². The Morgan fingerprint density at radius 3 is 2.57 bits per heavy atom. The molecule has 28 heavy (non-hydrogen) atoms. The van der Waals surface area contributed by atoms with Crippen LogP contribution in [0.3, 0.4) is 0 Å². The molecule has 2 heterocycles. The lowest BCUT2D eigenvalue weighted by molar-refractivity contribution is 0.0938. The van der Waals surface area contributed by atoms with E-state index in [2.05, 4.69) is 44.9 Å². The summed E-state index contributed by atoms with van der Waals surface area (Å²) >= 11 is 0. The van der Waals surface area contributed by atoms with Gasteiger partial charge < -0.3 is 5.32 Å². The van der Waals surface area contributed by atoms with Gasteiger partial charge in [-0.2, -0.15) is 10.2 Å². The predicted octanol–water partition coefficient (Wildman–Crippen LogP) is 3.67. The van der Waals surface area contributed by atoms with Gasteiger partial charge in [-0.15, -0.1) is 0 Å². The van der Waals surface area contributed by atoms with E-state index in [0.29, 0.717) is 12.2 Å². The normalized spacial score (nSPS) is 15.7. The molecule has 0 atom stereocenters. The second-order valence-corrected chi connectivity index (χ2v) is 7.87. The predicted molar refractivity (Wildman–Crippen MR) is 109 cm³/mol. The van der Waals surface area contributed by atoms with Crippen LogP contribution >= 0.6 is 0 Å². The SMILES string of the molecule is Cc1nn(C)c(C)c1-c1cc(C(=O)NCC2(c3ccccc3)CCCC2)[nH]n1. The van der Waals surface area contributed by atoms with Crippen molar-refractivity contribution in [2.75, 3.05) is 6.54 Å². The molecule has 3 aromatic rings. The Balaban J connectivity index is 1.51. The molecule has 1 aliphatic rings. The molecule has 6 heteroatoms. The largest absolute Gasteiger partial charge is 0.350 e. The van der Waals surface area contributed by atoms with Crippen LogP contribution in [0.2, 0.25) is 0 Å². The van der Waals surface area contributed by atoms with Crippen molar-refractivity contribution >= 4 is 5.91 Å². The lowest BCUT2D eigenvalue weighted by Gasteiger charge is -2.30. The van der Waals surface area contributed by atoms with Gasteiger partial charge in [-0.1, -0.05) is 43.2 Å². The standard InChI is InChI=1S/C22H27N5O/c1-15-20(16(2)27(3)26-15)18-13-19(25-24-18)21(28)23-14-22(11-7-8-12-22)17-9-5-4-6-10-17/h4-6,9-10,13H,7-8,11-12,14H2,1-3H3,(H,23,28)(H,24,25). The van der Waals surface area contributed by atoms with Gasteiger partial charge >= 0.3 is 0 Å². The van der Waals surface area contributed by atoms with Crippen molar-refractivity contribution in [3.63, 3.8) is 0 Å². The number of nitrogens with one attached hydrogen (secondary N) is 2. The van der Waals surface area contributed by atoms with E-state index in [0.717, 1.165) is 35.5 Å². The van der Waals surface area contributed by atoms with Crippen molar-refractivity contribution in [1.29, 1.82) is 0 Å². The molecule has 0 aliphatic heterocycles. The maximum absolute atomic E-state index is 12.8. The number of nitrogens with zero attached hydrogens (tertiary/aromatic N) is 3. The summed E-state index contributed by atoms with van der Waals surface area (Å²) in [5.41, 5.74) is 5.52. The van der Waals surface area contributed by atoms with Crippen LogP contribution in [0.1, 0.15) is 53.1 Å². The number of hydrogen-bond acceptors (Lipinski definition) is 3. The van der Waals surface area contributed by atoms with Gasteiger partial charge in [-0.25, -0.2) is 0 Å². The van der Waals surface area contributed by atoms with Crippen molar-refractivity contribution < 1.29 is 4.79 Å². The van der Waals surface area contributed by atoms with Crippen molar-refractivity contribution in [2.24, 2.45) is 7.05 Å². The molecular weight excluding hydrogens is 350 g/mol. The van der Waals surface area contributed by atoms with Gasteiger partial charge in [0.2, 0.25) is 0 Å².